The maximum absolute atomic E-state index is 13.3. The summed E-state index contributed by atoms with van der Waals surface area (Å²) in [6.45, 7) is 0. The van der Waals surface area contributed by atoms with E-state index < -0.39 is 0 Å². The van der Waals surface area contributed by atoms with E-state index in [1.54, 1.807) is 13.2 Å². The van der Waals surface area contributed by atoms with Crippen LogP contribution in [0.4, 0.5) is 4.39 Å². The van der Waals surface area contributed by atoms with E-state index in [2.05, 4.69) is 22.0 Å². The maximum Gasteiger partial charge on any atom is 0.124 e. The molecule has 0 spiro atoms. The van der Waals surface area contributed by atoms with Crippen molar-refractivity contribution >= 4 is 38.2 Å². The number of benzene rings is 2. The Morgan fingerprint density at radius 2 is 1.91 bits per heavy atom. The molecule has 2 aromatic rings. The second-order valence-corrected chi connectivity index (χ2v) is 6.04. The third-order valence-electron chi connectivity index (χ3n) is 3.10. The van der Waals surface area contributed by atoms with Crippen LogP contribution in [0.1, 0.15) is 11.1 Å². The van der Waals surface area contributed by atoms with E-state index in [-0.39, 0.29) is 5.82 Å². The summed E-state index contributed by atoms with van der Waals surface area (Å²) in [5.41, 5.74) is 2.09. The Labute approximate surface area is 141 Å². The molecule has 0 bridgehead atoms. The van der Waals surface area contributed by atoms with Gasteiger partial charge in [-0.3, -0.25) is 0 Å². The average molecular weight is 378 g/mol. The Hall–Kier alpha value is -1.77. The number of nitrogens with zero attached hydrogens (tertiary/aromatic N) is 1. The molecule has 5 heteroatoms. The summed E-state index contributed by atoms with van der Waals surface area (Å²) >= 11 is 4.81. The number of ether oxygens (including phenoxy) is 1. The van der Waals surface area contributed by atoms with Gasteiger partial charge < -0.3 is 4.74 Å². The summed E-state index contributed by atoms with van der Waals surface area (Å²) in [5, 5.41) is 9.58. The minimum atomic E-state index is -0.344. The molecular formula is C17H13BrFNOS. The molecule has 0 amide bonds. The van der Waals surface area contributed by atoms with Gasteiger partial charge in [-0.2, -0.15) is 5.26 Å². The average Bonchev–Trinajstić information content (AvgIpc) is 2.53. The summed E-state index contributed by atoms with van der Waals surface area (Å²) in [4.78, 5) is 0.831. The Balaban J connectivity index is 2.60. The third kappa shape index (κ3) is 3.52. The summed E-state index contributed by atoms with van der Waals surface area (Å²) in [6, 6.07) is 14.1. The minimum Gasteiger partial charge on any atom is -0.497 e. The first-order valence-corrected chi connectivity index (χ1v) is 8.40. The van der Waals surface area contributed by atoms with E-state index in [9.17, 15) is 9.65 Å². The lowest BCUT2D eigenvalue weighted by atomic mass is 10.0. The number of thioether (sulfide) groups is 1. The van der Waals surface area contributed by atoms with Gasteiger partial charge in [0.1, 0.15) is 17.6 Å². The van der Waals surface area contributed by atoms with Crippen molar-refractivity contribution in [1.82, 2.24) is 0 Å². The second kappa shape index (κ2) is 7.48. The molecule has 0 N–H and O–H groups in total. The van der Waals surface area contributed by atoms with Gasteiger partial charge in [0.15, 0.2) is 0 Å². The molecule has 2 rings (SSSR count). The fourth-order valence-electron chi connectivity index (χ4n) is 2.03. The van der Waals surface area contributed by atoms with Gasteiger partial charge in [0.25, 0.3) is 0 Å². The van der Waals surface area contributed by atoms with E-state index in [0.717, 1.165) is 16.2 Å². The van der Waals surface area contributed by atoms with Gasteiger partial charge in [-0.15, -0.1) is 11.8 Å². The molecule has 0 atom stereocenters. The summed E-state index contributed by atoms with van der Waals surface area (Å²) in [6.07, 6.45) is 1.91. The number of hydrogen-bond acceptors (Lipinski definition) is 3. The summed E-state index contributed by atoms with van der Waals surface area (Å²) in [5.74, 6) is 0.411. The lowest BCUT2D eigenvalue weighted by Gasteiger charge is -2.11. The SMILES string of the molecule is COc1ccc(/C(SC)=C(/C#N)c2ccc(F)cc2Br)cc1. The highest BCUT2D eigenvalue weighted by molar-refractivity contribution is 9.10. The van der Waals surface area contributed by atoms with Crippen LogP contribution in [0.25, 0.3) is 10.5 Å². The first-order valence-electron chi connectivity index (χ1n) is 6.39. The van der Waals surface area contributed by atoms with Crippen molar-refractivity contribution < 1.29 is 9.13 Å². The first-order chi connectivity index (χ1) is 10.6. The zero-order chi connectivity index (χ0) is 16.1. The molecule has 0 aromatic heterocycles. The largest absolute Gasteiger partial charge is 0.497 e. The number of hydrogen-bond donors (Lipinski definition) is 0. The van der Waals surface area contributed by atoms with Crippen LogP contribution in [0, 0.1) is 17.1 Å². The van der Waals surface area contributed by atoms with Gasteiger partial charge in [-0.25, -0.2) is 4.39 Å². The van der Waals surface area contributed by atoms with E-state index >= 15 is 0 Å². The number of allylic oxidation sites excluding steroid dienone is 1. The van der Waals surface area contributed by atoms with Crippen LogP contribution in [0.5, 0.6) is 5.75 Å². The van der Waals surface area contributed by atoms with Crippen molar-refractivity contribution in [2.75, 3.05) is 13.4 Å². The first kappa shape index (κ1) is 16.6. The van der Waals surface area contributed by atoms with Gasteiger partial charge >= 0.3 is 0 Å². The molecule has 0 unspecified atom stereocenters. The molecule has 0 heterocycles. The minimum absolute atomic E-state index is 0.344. The van der Waals surface area contributed by atoms with Crippen molar-refractivity contribution in [3.8, 4) is 11.8 Å². The molecule has 0 aliphatic carbocycles. The lowest BCUT2D eigenvalue weighted by Crippen LogP contribution is -1.91. The van der Waals surface area contributed by atoms with Crippen LogP contribution < -0.4 is 4.74 Å². The van der Waals surface area contributed by atoms with Gasteiger partial charge in [0.05, 0.1) is 12.7 Å². The maximum atomic E-state index is 13.3. The normalized spacial score (nSPS) is 11.6. The topological polar surface area (TPSA) is 33.0 Å². The summed E-state index contributed by atoms with van der Waals surface area (Å²) < 4.78 is 19.0. The fourth-order valence-corrected chi connectivity index (χ4v) is 3.31. The van der Waals surface area contributed by atoms with E-state index in [1.807, 2.05) is 30.5 Å². The lowest BCUT2D eigenvalue weighted by molar-refractivity contribution is 0.415. The zero-order valence-electron chi connectivity index (χ0n) is 12.1. The highest BCUT2D eigenvalue weighted by Crippen LogP contribution is 2.37. The van der Waals surface area contributed by atoms with E-state index in [1.165, 1.54) is 23.9 Å². The van der Waals surface area contributed by atoms with Crippen LogP contribution in [0.3, 0.4) is 0 Å². The van der Waals surface area contributed by atoms with Crippen molar-refractivity contribution in [2.24, 2.45) is 0 Å². The number of halogens is 2. The van der Waals surface area contributed by atoms with E-state index in [4.69, 9.17) is 4.74 Å². The molecule has 0 aliphatic rings. The van der Waals surface area contributed by atoms with Crippen LogP contribution in [-0.4, -0.2) is 13.4 Å². The molecule has 2 nitrogen and oxygen atoms in total. The Morgan fingerprint density at radius 3 is 2.41 bits per heavy atom. The molecule has 0 saturated heterocycles. The standard InChI is InChI=1S/C17H13BrFNOS/c1-21-13-6-3-11(4-7-13)17(22-2)15(10-20)14-8-5-12(19)9-16(14)18/h3-9H,1-2H3/b17-15+. The predicted octanol–water partition coefficient (Wildman–Crippen LogP) is 5.35. The monoisotopic (exact) mass is 377 g/mol. The van der Waals surface area contributed by atoms with Crippen LogP contribution in [-0.2, 0) is 0 Å². The molecular weight excluding hydrogens is 365 g/mol. The molecule has 0 aliphatic heterocycles. The molecule has 0 fully saturated rings. The molecule has 2 aromatic carbocycles. The third-order valence-corrected chi connectivity index (χ3v) is 4.60. The van der Waals surface area contributed by atoms with Crippen molar-refractivity contribution in [3.05, 3.63) is 63.9 Å². The molecule has 0 saturated carbocycles. The number of nitriles is 1. The van der Waals surface area contributed by atoms with Crippen molar-refractivity contribution in [3.63, 3.8) is 0 Å². The molecule has 22 heavy (non-hydrogen) atoms. The molecule has 112 valence electrons. The van der Waals surface area contributed by atoms with Gasteiger partial charge in [0.2, 0.25) is 0 Å². The van der Waals surface area contributed by atoms with Gasteiger partial charge in [-0.05, 0) is 42.2 Å². The van der Waals surface area contributed by atoms with Gasteiger partial charge in [0, 0.05) is 14.9 Å². The fraction of sp³-hybridized carbons (Fsp3) is 0.118. The Bertz CT molecular complexity index is 750. The quantitative estimate of drug-likeness (QED) is 0.531. The smallest absolute Gasteiger partial charge is 0.124 e. The zero-order valence-corrected chi connectivity index (χ0v) is 14.5. The van der Waals surface area contributed by atoms with Crippen LogP contribution >= 0.6 is 27.7 Å². The Kier molecular flexibility index (Phi) is 5.64. The van der Waals surface area contributed by atoms with Gasteiger partial charge in [-0.1, -0.05) is 28.1 Å². The number of methoxy groups -OCH3 is 1. The second-order valence-electron chi connectivity index (χ2n) is 4.37. The van der Waals surface area contributed by atoms with E-state index in [0.29, 0.717) is 15.6 Å². The highest BCUT2D eigenvalue weighted by Gasteiger charge is 2.14. The van der Waals surface area contributed by atoms with Crippen molar-refractivity contribution in [2.45, 2.75) is 0 Å². The van der Waals surface area contributed by atoms with Crippen LogP contribution in [0.15, 0.2) is 46.9 Å². The highest BCUT2D eigenvalue weighted by atomic mass is 79.9. The summed E-state index contributed by atoms with van der Waals surface area (Å²) in [7, 11) is 1.61. The predicted molar refractivity (Wildman–Crippen MR) is 93.0 cm³/mol. The van der Waals surface area contributed by atoms with Crippen LogP contribution in [0.2, 0.25) is 0 Å². The van der Waals surface area contributed by atoms with Crippen molar-refractivity contribution in [1.29, 1.82) is 5.26 Å². The number of rotatable bonds is 4. The molecule has 0 radical (unpaired) electrons. The Morgan fingerprint density at radius 1 is 1.23 bits per heavy atom.